The first-order valence-corrected chi connectivity index (χ1v) is 12.0. The van der Waals surface area contributed by atoms with Gasteiger partial charge in [-0.05, 0) is 58.1 Å². The number of carbonyl (C=O) groups excluding carboxylic acids is 2. The molecule has 5 rings (SSSR count). The normalized spacial score (nSPS) is 16.8. The molecule has 0 atom stereocenters. The van der Waals surface area contributed by atoms with Crippen molar-refractivity contribution >= 4 is 34.7 Å². The van der Waals surface area contributed by atoms with Gasteiger partial charge in [-0.3, -0.25) is 9.69 Å². The molecule has 3 aromatic heterocycles. The van der Waals surface area contributed by atoms with Gasteiger partial charge in [0.05, 0.1) is 18.4 Å². The molecule has 0 bridgehead atoms. The van der Waals surface area contributed by atoms with Gasteiger partial charge >= 0.3 is 6.09 Å². The van der Waals surface area contributed by atoms with Crippen LogP contribution < -0.4 is 10.2 Å². The molecule has 0 unspecified atom stereocenters. The number of aromatic nitrogens is 4. The lowest BCUT2D eigenvalue weighted by molar-refractivity contribution is -0.117. The molecule has 2 aliphatic rings. The zero-order valence-corrected chi connectivity index (χ0v) is 20.3. The molecule has 3 aromatic rings. The summed E-state index contributed by atoms with van der Waals surface area (Å²) >= 11 is 0. The summed E-state index contributed by atoms with van der Waals surface area (Å²) in [5.74, 6) is 1.64. The highest BCUT2D eigenvalue weighted by molar-refractivity contribution is 6.01. The number of pyridine rings is 1. The van der Waals surface area contributed by atoms with Gasteiger partial charge in [0.15, 0.2) is 11.6 Å². The van der Waals surface area contributed by atoms with Gasteiger partial charge in [-0.15, -0.1) is 0 Å². The molecule has 0 aromatic carbocycles. The fourth-order valence-electron chi connectivity index (χ4n) is 4.49. The van der Waals surface area contributed by atoms with E-state index in [4.69, 9.17) is 14.5 Å². The number of anilines is 2. The number of ether oxygens (including phenoxy) is 2. The topological polar surface area (TPSA) is 111 Å². The number of fused-ring (bicyclic) bond motifs is 2. The van der Waals surface area contributed by atoms with Crippen LogP contribution in [0.5, 0.6) is 0 Å². The molecular formula is C25H30N6O4. The Morgan fingerprint density at radius 2 is 2.03 bits per heavy atom. The highest BCUT2D eigenvalue weighted by Crippen LogP contribution is 2.33. The standard InChI is InChI=1S/C25H30N6O4/c1-25(2,3)35-24(33)31-11-6-18-17(4-9-26-22(18)31)19-14-27-21-23(29-19)30(20(32)15-28-21)10-5-16-7-12-34-13-8-16/h4,6,9,11,14,16H,5,7-8,10,12-13,15H2,1-3H3,(H,27,28). The fraction of sp³-hybridized carbons (Fsp3) is 0.480. The maximum absolute atomic E-state index is 12.8. The number of carbonyl (C=O) groups is 2. The van der Waals surface area contributed by atoms with Crippen LogP contribution in [0.3, 0.4) is 0 Å². The predicted octanol–water partition coefficient (Wildman–Crippen LogP) is 3.85. The molecule has 0 aliphatic carbocycles. The summed E-state index contributed by atoms with van der Waals surface area (Å²) < 4.78 is 12.4. The number of hydrogen-bond acceptors (Lipinski definition) is 8. The van der Waals surface area contributed by atoms with Crippen LogP contribution in [-0.4, -0.2) is 63.4 Å². The van der Waals surface area contributed by atoms with E-state index in [1.165, 1.54) is 4.57 Å². The van der Waals surface area contributed by atoms with Crippen LogP contribution in [0, 0.1) is 5.92 Å². The molecule has 35 heavy (non-hydrogen) atoms. The van der Waals surface area contributed by atoms with E-state index in [1.54, 1.807) is 23.5 Å². The second-order valence-electron chi connectivity index (χ2n) is 9.93. The minimum absolute atomic E-state index is 0.0213. The van der Waals surface area contributed by atoms with Crippen molar-refractivity contribution in [2.45, 2.75) is 45.6 Å². The smallest absolute Gasteiger partial charge is 0.420 e. The van der Waals surface area contributed by atoms with Crippen LogP contribution in [0.2, 0.25) is 0 Å². The Balaban J connectivity index is 1.46. The van der Waals surface area contributed by atoms with Crippen LogP contribution in [0.1, 0.15) is 40.0 Å². The van der Waals surface area contributed by atoms with E-state index < -0.39 is 11.7 Å². The molecule has 0 spiro atoms. The Bertz CT molecular complexity index is 1260. The van der Waals surface area contributed by atoms with Crippen molar-refractivity contribution in [3.8, 4) is 11.3 Å². The van der Waals surface area contributed by atoms with Crippen LogP contribution in [0.25, 0.3) is 22.3 Å². The van der Waals surface area contributed by atoms with Gasteiger partial charge in [-0.25, -0.2) is 24.3 Å². The monoisotopic (exact) mass is 478 g/mol. The lowest BCUT2D eigenvalue weighted by Crippen LogP contribution is -2.42. The molecule has 5 heterocycles. The largest absolute Gasteiger partial charge is 0.443 e. The maximum Gasteiger partial charge on any atom is 0.420 e. The molecule has 1 saturated heterocycles. The van der Waals surface area contributed by atoms with E-state index in [1.807, 2.05) is 32.9 Å². The Morgan fingerprint density at radius 3 is 2.80 bits per heavy atom. The van der Waals surface area contributed by atoms with E-state index in [0.29, 0.717) is 35.4 Å². The predicted molar refractivity (Wildman–Crippen MR) is 131 cm³/mol. The number of amides is 1. The Hall–Kier alpha value is -3.53. The van der Waals surface area contributed by atoms with Crippen molar-refractivity contribution in [1.29, 1.82) is 0 Å². The lowest BCUT2D eigenvalue weighted by Gasteiger charge is -2.30. The second-order valence-corrected chi connectivity index (χ2v) is 9.93. The summed E-state index contributed by atoms with van der Waals surface area (Å²) in [7, 11) is 0. The summed E-state index contributed by atoms with van der Waals surface area (Å²) in [4.78, 5) is 41.0. The van der Waals surface area contributed by atoms with E-state index in [9.17, 15) is 9.59 Å². The molecule has 1 N–H and O–H groups in total. The summed E-state index contributed by atoms with van der Waals surface area (Å²) in [6, 6.07) is 3.65. The van der Waals surface area contributed by atoms with Crippen molar-refractivity contribution < 1.29 is 19.1 Å². The van der Waals surface area contributed by atoms with E-state index >= 15 is 0 Å². The quantitative estimate of drug-likeness (QED) is 0.602. The zero-order valence-electron chi connectivity index (χ0n) is 20.3. The third-order valence-corrected chi connectivity index (χ3v) is 6.27. The number of rotatable bonds is 4. The molecule has 0 radical (unpaired) electrons. The van der Waals surface area contributed by atoms with Crippen LogP contribution in [-0.2, 0) is 14.3 Å². The summed E-state index contributed by atoms with van der Waals surface area (Å²) in [5.41, 5.74) is 1.23. The van der Waals surface area contributed by atoms with Crippen LogP contribution in [0.15, 0.2) is 30.7 Å². The number of nitrogens with zero attached hydrogens (tertiary/aromatic N) is 5. The first kappa shape index (κ1) is 23.2. The highest BCUT2D eigenvalue weighted by Gasteiger charge is 2.28. The lowest BCUT2D eigenvalue weighted by atomic mass is 9.96. The molecule has 1 amide bonds. The van der Waals surface area contributed by atoms with Gasteiger partial charge in [0.1, 0.15) is 11.2 Å². The Labute approximate surface area is 203 Å². The van der Waals surface area contributed by atoms with Gasteiger partial charge in [0, 0.05) is 43.1 Å². The first-order valence-electron chi connectivity index (χ1n) is 12.0. The molecule has 10 heteroatoms. The van der Waals surface area contributed by atoms with E-state index in [0.717, 1.165) is 43.4 Å². The van der Waals surface area contributed by atoms with Crippen molar-refractivity contribution in [2.75, 3.05) is 36.5 Å². The van der Waals surface area contributed by atoms with E-state index in [-0.39, 0.29) is 12.5 Å². The second kappa shape index (κ2) is 9.26. The van der Waals surface area contributed by atoms with Crippen LogP contribution in [0.4, 0.5) is 16.4 Å². The van der Waals surface area contributed by atoms with Crippen molar-refractivity contribution in [1.82, 2.24) is 19.5 Å². The average Bonchev–Trinajstić information content (AvgIpc) is 3.27. The summed E-state index contributed by atoms with van der Waals surface area (Å²) in [6.07, 6.45) is 7.39. The Kier molecular flexibility index (Phi) is 6.14. The molecule has 0 saturated carbocycles. The Morgan fingerprint density at radius 1 is 1.23 bits per heavy atom. The van der Waals surface area contributed by atoms with Crippen molar-refractivity contribution in [2.24, 2.45) is 5.92 Å². The molecule has 1 fully saturated rings. The van der Waals surface area contributed by atoms with Crippen molar-refractivity contribution in [3.05, 3.63) is 30.7 Å². The van der Waals surface area contributed by atoms with Gasteiger partial charge < -0.3 is 14.8 Å². The third kappa shape index (κ3) is 4.84. The van der Waals surface area contributed by atoms with Gasteiger partial charge in [0.25, 0.3) is 0 Å². The minimum atomic E-state index is -0.622. The molecule has 2 aliphatic heterocycles. The zero-order chi connectivity index (χ0) is 24.6. The summed E-state index contributed by atoms with van der Waals surface area (Å²) in [6.45, 7) is 7.82. The molecular weight excluding hydrogens is 448 g/mol. The van der Waals surface area contributed by atoms with Gasteiger partial charge in [-0.1, -0.05) is 0 Å². The van der Waals surface area contributed by atoms with Gasteiger partial charge in [-0.2, -0.15) is 0 Å². The molecule has 10 nitrogen and oxygen atoms in total. The first-order chi connectivity index (χ1) is 16.8. The van der Waals surface area contributed by atoms with Crippen molar-refractivity contribution in [3.63, 3.8) is 0 Å². The van der Waals surface area contributed by atoms with Crippen LogP contribution >= 0.6 is 0 Å². The fourth-order valence-corrected chi connectivity index (χ4v) is 4.49. The minimum Gasteiger partial charge on any atom is -0.443 e. The third-order valence-electron chi connectivity index (χ3n) is 6.27. The molecule has 184 valence electrons. The highest BCUT2D eigenvalue weighted by atomic mass is 16.6. The SMILES string of the molecule is CC(C)(C)OC(=O)n1ccc2c(-c3cnc4c(n3)N(CCC3CCOCC3)C(=O)CN4)ccnc21. The maximum atomic E-state index is 12.8. The number of nitrogens with one attached hydrogen (secondary N) is 1. The van der Waals surface area contributed by atoms with E-state index in [2.05, 4.69) is 15.3 Å². The number of hydrogen-bond donors (Lipinski definition) is 1. The average molecular weight is 479 g/mol. The summed E-state index contributed by atoms with van der Waals surface area (Å²) in [5, 5.41) is 3.82. The van der Waals surface area contributed by atoms with Gasteiger partial charge in [0.2, 0.25) is 5.91 Å².